The van der Waals surface area contributed by atoms with Crippen LogP contribution < -0.4 is 10.9 Å². The average Bonchev–Trinajstić information content (AvgIpc) is 2.51. The molecule has 7 heteroatoms. The van der Waals surface area contributed by atoms with Crippen molar-refractivity contribution >= 4 is 10.2 Å². The van der Waals surface area contributed by atoms with Crippen molar-refractivity contribution in [2.75, 3.05) is 33.2 Å². The van der Waals surface area contributed by atoms with Crippen molar-refractivity contribution in [3.63, 3.8) is 0 Å². The Kier molecular flexibility index (Phi) is 3.85. The van der Waals surface area contributed by atoms with Crippen LogP contribution in [0.1, 0.15) is 6.42 Å². The number of nitrogens with two attached hydrogens (primary N) is 2. The molecular weight excluding hydrogens is 204 g/mol. The fraction of sp³-hybridized carbons (Fsp3) is 1.00. The predicted octanol–water partition coefficient (Wildman–Crippen LogP) is -1.85. The zero-order valence-electron chi connectivity index (χ0n) is 8.39. The highest BCUT2D eigenvalue weighted by Crippen LogP contribution is 2.15. The lowest BCUT2D eigenvalue weighted by Crippen LogP contribution is -2.40. The second-order valence-corrected chi connectivity index (χ2v) is 5.16. The van der Waals surface area contributed by atoms with Crippen molar-refractivity contribution in [3.05, 3.63) is 0 Å². The van der Waals surface area contributed by atoms with E-state index in [1.54, 1.807) is 0 Å². The molecule has 1 aliphatic rings. The summed E-state index contributed by atoms with van der Waals surface area (Å²) >= 11 is 0. The van der Waals surface area contributed by atoms with Gasteiger partial charge in [-0.3, -0.25) is 0 Å². The summed E-state index contributed by atoms with van der Waals surface area (Å²) in [7, 11) is -1.56. The molecule has 0 bridgehead atoms. The second kappa shape index (κ2) is 4.54. The van der Waals surface area contributed by atoms with Gasteiger partial charge in [-0.2, -0.15) is 12.7 Å². The van der Waals surface area contributed by atoms with E-state index in [-0.39, 0.29) is 6.04 Å². The smallest absolute Gasteiger partial charge is 0.276 e. The third-order valence-corrected chi connectivity index (χ3v) is 3.64. The van der Waals surface area contributed by atoms with Crippen molar-refractivity contribution in [2.45, 2.75) is 12.5 Å². The topological polar surface area (TPSA) is 92.7 Å². The number of nitrogens with zero attached hydrogens (tertiary/aromatic N) is 2. The Hall–Kier alpha value is -0.210. The lowest BCUT2D eigenvalue weighted by atomic mass is 10.2. The lowest BCUT2D eigenvalue weighted by Gasteiger charge is -2.23. The highest BCUT2D eigenvalue weighted by Gasteiger charge is 2.30. The summed E-state index contributed by atoms with van der Waals surface area (Å²) in [6.07, 6.45) is 0.826. The van der Waals surface area contributed by atoms with Crippen LogP contribution >= 0.6 is 0 Å². The molecule has 1 unspecified atom stereocenters. The maximum atomic E-state index is 11.0. The van der Waals surface area contributed by atoms with E-state index in [0.29, 0.717) is 19.6 Å². The molecule has 1 saturated heterocycles. The SMILES string of the molecule is CN(CCN)C1CCN(S(N)(=O)=O)C1. The molecule has 1 atom stereocenters. The second-order valence-electron chi connectivity index (χ2n) is 3.61. The maximum absolute atomic E-state index is 11.0. The van der Waals surface area contributed by atoms with Gasteiger partial charge in [0, 0.05) is 32.2 Å². The summed E-state index contributed by atoms with van der Waals surface area (Å²) in [5, 5.41) is 5.03. The van der Waals surface area contributed by atoms with Gasteiger partial charge >= 0.3 is 0 Å². The zero-order chi connectivity index (χ0) is 10.8. The van der Waals surface area contributed by atoms with Gasteiger partial charge in [0.05, 0.1) is 0 Å². The van der Waals surface area contributed by atoms with Gasteiger partial charge in [-0.15, -0.1) is 0 Å². The lowest BCUT2D eigenvalue weighted by molar-refractivity contribution is 0.256. The minimum Gasteiger partial charge on any atom is -0.329 e. The predicted molar refractivity (Wildman–Crippen MR) is 54.8 cm³/mol. The van der Waals surface area contributed by atoms with E-state index in [0.717, 1.165) is 13.0 Å². The summed E-state index contributed by atoms with van der Waals surface area (Å²) < 4.78 is 23.4. The fourth-order valence-electron chi connectivity index (χ4n) is 1.69. The van der Waals surface area contributed by atoms with Gasteiger partial charge in [0.25, 0.3) is 10.2 Å². The van der Waals surface area contributed by atoms with Gasteiger partial charge in [0.15, 0.2) is 0 Å². The first-order valence-electron chi connectivity index (χ1n) is 4.63. The summed E-state index contributed by atoms with van der Waals surface area (Å²) in [6.45, 7) is 2.36. The van der Waals surface area contributed by atoms with Crippen molar-refractivity contribution < 1.29 is 8.42 Å². The molecule has 0 aromatic carbocycles. The van der Waals surface area contributed by atoms with E-state index < -0.39 is 10.2 Å². The molecule has 1 rings (SSSR count). The van der Waals surface area contributed by atoms with Crippen molar-refractivity contribution in [2.24, 2.45) is 10.9 Å². The first kappa shape index (κ1) is 11.9. The van der Waals surface area contributed by atoms with Gasteiger partial charge < -0.3 is 10.6 Å². The molecule has 84 valence electrons. The van der Waals surface area contributed by atoms with Crippen LogP contribution in [-0.2, 0) is 10.2 Å². The van der Waals surface area contributed by atoms with Crippen molar-refractivity contribution in [3.8, 4) is 0 Å². The van der Waals surface area contributed by atoms with Crippen LogP contribution in [0.4, 0.5) is 0 Å². The van der Waals surface area contributed by atoms with Crippen LogP contribution in [0.15, 0.2) is 0 Å². The molecule has 0 spiro atoms. The van der Waals surface area contributed by atoms with Crippen LogP contribution in [0.5, 0.6) is 0 Å². The quantitative estimate of drug-likeness (QED) is 0.584. The first-order valence-corrected chi connectivity index (χ1v) is 6.13. The maximum Gasteiger partial charge on any atom is 0.276 e. The third kappa shape index (κ3) is 2.89. The third-order valence-electron chi connectivity index (χ3n) is 2.59. The molecule has 0 amide bonds. The van der Waals surface area contributed by atoms with Crippen LogP contribution in [-0.4, -0.2) is 56.9 Å². The minimum atomic E-state index is -3.51. The summed E-state index contributed by atoms with van der Waals surface area (Å²) in [6, 6.07) is 0.247. The fourth-order valence-corrected chi connectivity index (χ4v) is 2.43. The Balaban J connectivity index is 2.49. The Morgan fingerprint density at radius 1 is 1.57 bits per heavy atom. The van der Waals surface area contributed by atoms with E-state index in [2.05, 4.69) is 4.90 Å². The van der Waals surface area contributed by atoms with Crippen LogP contribution in [0.25, 0.3) is 0 Å². The Morgan fingerprint density at radius 2 is 2.21 bits per heavy atom. The van der Waals surface area contributed by atoms with Gasteiger partial charge in [-0.1, -0.05) is 0 Å². The van der Waals surface area contributed by atoms with Crippen LogP contribution in [0, 0.1) is 0 Å². The number of hydrogen-bond donors (Lipinski definition) is 2. The van der Waals surface area contributed by atoms with E-state index >= 15 is 0 Å². The Morgan fingerprint density at radius 3 is 2.64 bits per heavy atom. The molecule has 0 aliphatic carbocycles. The highest BCUT2D eigenvalue weighted by atomic mass is 32.2. The number of likely N-dealkylation sites (N-methyl/N-ethyl adjacent to an activating group) is 1. The van der Waals surface area contributed by atoms with E-state index in [1.165, 1.54) is 4.31 Å². The summed E-state index contributed by atoms with van der Waals surface area (Å²) in [4.78, 5) is 2.07. The normalized spacial score (nSPS) is 24.7. The van der Waals surface area contributed by atoms with Gasteiger partial charge in [-0.25, -0.2) is 5.14 Å². The van der Waals surface area contributed by atoms with Crippen LogP contribution in [0.2, 0.25) is 0 Å². The molecule has 0 aromatic rings. The Bertz CT molecular complexity index is 279. The molecule has 0 radical (unpaired) electrons. The summed E-state index contributed by atoms with van der Waals surface area (Å²) in [5.41, 5.74) is 5.42. The van der Waals surface area contributed by atoms with Gasteiger partial charge in [0.1, 0.15) is 0 Å². The average molecular weight is 222 g/mol. The molecule has 14 heavy (non-hydrogen) atoms. The summed E-state index contributed by atoms with van der Waals surface area (Å²) in [5.74, 6) is 0. The molecule has 6 nitrogen and oxygen atoms in total. The first-order chi connectivity index (χ1) is 6.45. The molecule has 4 N–H and O–H groups in total. The number of rotatable bonds is 4. The Labute approximate surface area is 85.0 Å². The van der Waals surface area contributed by atoms with Crippen molar-refractivity contribution in [1.29, 1.82) is 0 Å². The number of hydrogen-bond acceptors (Lipinski definition) is 4. The van der Waals surface area contributed by atoms with Crippen LogP contribution in [0.3, 0.4) is 0 Å². The van der Waals surface area contributed by atoms with E-state index in [9.17, 15) is 8.42 Å². The highest BCUT2D eigenvalue weighted by molar-refractivity contribution is 7.86. The molecule has 1 fully saturated rings. The van der Waals surface area contributed by atoms with Gasteiger partial charge in [-0.05, 0) is 13.5 Å². The van der Waals surface area contributed by atoms with Gasteiger partial charge in [0.2, 0.25) is 0 Å². The van der Waals surface area contributed by atoms with E-state index in [1.807, 2.05) is 7.05 Å². The molecular formula is C7H18N4O2S. The minimum absolute atomic E-state index is 0.247. The standard InChI is InChI=1S/C7H18N4O2S/c1-10(5-3-8)7-2-4-11(6-7)14(9,12)13/h7H,2-6,8H2,1H3,(H2,9,12,13). The monoisotopic (exact) mass is 222 g/mol. The largest absolute Gasteiger partial charge is 0.329 e. The van der Waals surface area contributed by atoms with Crippen molar-refractivity contribution in [1.82, 2.24) is 9.21 Å². The molecule has 0 saturated carbocycles. The zero-order valence-corrected chi connectivity index (χ0v) is 9.20. The molecule has 1 heterocycles. The molecule has 0 aromatic heterocycles. The van der Waals surface area contributed by atoms with E-state index in [4.69, 9.17) is 10.9 Å². The molecule has 1 aliphatic heterocycles.